The molecule has 2 aliphatic heterocycles. The van der Waals surface area contributed by atoms with Gasteiger partial charge in [0.25, 0.3) is 0 Å². The fourth-order valence-electron chi connectivity index (χ4n) is 3.82. The van der Waals surface area contributed by atoms with Gasteiger partial charge in [-0.3, -0.25) is 0 Å². The van der Waals surface area contributed by atoms with Crippen molar-refractivity contribution in [3.05, 3.63) is 35.4 Å². The maximum atomic E-state index is 9.50. The second-order valence-electron chi connectivity index (χ2n) is 6.84. The zero-order valence-corrected chi connectivity index (χ0v) is 13.2. The number of hydrogen-bond donors (Lipinski definition) is 1. The third-order valence-electron chi connectivity index (χ3n) is 5.44. The predicted molar refractivity (Wildman–Crippen MR) is 82.1 cm³/mol. The van der Waals surface area contributed by atoms with E-state index in [9.17, 15) is 5.11 Å². The molecular formula is C18H23NO3. The Kier molecular flexibility index (Phi) is 3.98. The third-order valence-corrected chi connectivity index (χ3v) is 5.44. The monoisotopic (exact) mass is 301 g/mol. The van der Waals surface area contributed by atoms with E-state index in [1.165, 1.54) is 0 Å². The molecule has 0 radical (unpaired) electrons. The molecule has 4 unspecified atom stereocenters. The molecule has 4 heteroatoms. The Hall–Kier alpha value is -1.41. The van der Waals surface area contributed by atoms with Gasteiger partial charge in [0.2, 0.25) is 0 Å². The molecule has 4 atom stereocenters. The Balaban J connectivity index is 1.71. The van der Waals surface area contributed by atoms with Crippen LogP contribution in [0.3, 0.4) is 0 Å². The highest BCUT2D eigenvalue weighted by Gasteiger charge is 2.61. The topological polar surface area (TPSA) is 62.5 Å². The molecule has 2 aliphatic rings. The van der Waals surface area contributed by atoms with Gasteiger partial charge in [-0.05, 0) is 31.4 Å². The summed E-state index contributed by atoms with van der Waals surface area (Å²) >= 11 is 0. The van der Waals surface area contributed by atoms with Crippen LogP contribution in [-0.4, -0.2) is 29.0 Å². The summed E-state index contributed by atoms with van der Waals surface area (Å²) in [7, 11) is 0. The molecule has 0 spiro atoms. The summed E-state index contributed by atoms with van der Waals surface area (Å²) in [4.78, 5) is 0. The van der Waals surface area contributed by atoms with Crippen LogP contribution in [0.4, 0.5) is 0 Å². The normalized spacial score (nSPS) is 34.5. The van der Waals surface area contributed by atoms with Crippen molar-refractivity contribution < 1.29 is 14.6 Å². The van der Waals surface area contributed by atoms with E-state index in [1.54, 1.807) is 0 Å². The number of aliphatic hydroxyl groups is 1. The summed E-state index contributed by atoms with van der Waals surface area (Å²) in [6.45, 7) is 4.71. The molecule has 0 saturated carbocycles. The van der Waals surface area contributed by atoms with Crippen molar-refractivity contribution in [2.24, 2.45) is 5.92 Å². The van der Waals surface area contributed by atoms with Gasteiger partial charge in [0, 0.05) is 18.9 Å². The Morgan fingerprint density at radius 2 is 2.23 bits per heavy atom. The number of aliphatic hydroxyl groups excluding tert-OH is 1. The molecule has 0 amide bonds. The second-order valence-corrected chi connectivity index (χ2v) is 6.84. The molecule has 1 aromatic rings. The minimum atomic E-state index is -0.273. The van der Waals surface area contributed by atoms with Crippen molar-refractivity contribution in [1.29, 1.82) is 5.26 Å². The second kappa shape index (κ2) is 5.66. The quantitative estimate of drug-likeness (QED) is 0.908. The van der Waals surface area contributed by atoms with Gasteiger partial charge in [0.05, 0.1) is 35.5 Å². The summed E-state index contributed by atoms with van der Waals surface area (Å²) in [6, 6.07) is 9.74. The molecule has 1 N–H and O–H groups in total. The third kappa shape index (κ3) is 2.44. The first-order valence-corrected chi connectivity index (χ1v) is 7.94. The Morgan fingerprint density at radius 3 is 2.95 bits per heavy atom. The smallest absolute Gasteiger partial charge is 0.0995 e. The van der Waals surface area contributed by atoms with E-state index in [-0.39, 0.29) is 29.8 Å². The van der Waals surface area contributed by atoms with Crippen molar-refractivity contribution in [3.8, 4) is 6.07 Å². The van der Waals surface area contributed by atoms with Crippen molar-refractivity contribution in [3.63, 3.8) is 0 Å². The molecule has 0 aromatic heterocycles. The van der Waals surface area contributed by atoms with E-state index in [2.05, 4.69) is 13.0 Å². The van der Waals surface area contributed by atoms with Crippen molar-refractivity contribution in [2.75, 3.05) is 6.61 Å². The van der Waals surface area contributed by atoms with Crippen LogP contribution in [0, 0.1) is 17.2 Å². The van der Waals surface area contributed by atoms with E-state index in [1.807, 2.05) is 31.2 Å². The first kappa shape index (κ1) is 15.5. The SMILES string of the molecule is CC(CO)C12CCC(C)(O1)C(OCc1ccccc1C#N)C2. The molecular weight excluding hydrogens is 278 g/mol. The van der Waals surface area contributed by atoms with E-state index < -0.39 is 0 Å². The minimum Gasteiger partial charge on any atom is -0.396 e. The van der Waals surface area contributed by atoms with Crippen LogP contribution in [0.15, 0.2) is 24.3 Å². The summed E-state index contributed by atoms with van der Waals surface area (Å²) in [6.07, 6.45) is 2.78. The number of fused-ring (bicyclic) bond motifs is 2. The zero-order chi connectivity index (χ0) is 15.8. The number of ether oxygens (including phenoxy) is 2. The van der Waals surface area contributed by atoms with E-state index in [0.717, 1.165) is 24.8 Å². The zero-order valence-electron chi connectivity index (χ0n) is 13.2. The maximum absolute atomic E-state index is 9.50. The molecule has 3 rings (SSSR count). The lowest BCUT2D eigenvalue weighted by Crippen LogP contribution is -2.39. The lowest BCUT2D eigenvalue weighted by molar-refractivity contribution is -0.103. The van der Waals surface area contributed by atoms with E-state index in [4.69, 9.17) is 14.7 Å². The molecule has 2 heterocycles. The van der Waals surface area contributed by atoms with Crippen LogP contribution in [0.5, 0.6) is 0 Å². The van der Waals surface area contributed by atoms with Gasteiger partial charge in [-0.15, -0.1) is 0 Å². The number of hydrogen-bond acceptors (Lipinski definition) is 4. The molecule has 2 saturated heterocycles. The van der Waals surface area contributed by atoms with Gasteiger partial charge >= 0.3 is 0 Å². The van der Waals surface area contributed by atoms with Crippen molar-refractivity contribution in [1.82, 2.24) is 0 Å². The molecule has 1 aromatic carbocycles. The van der Waals surface area contributed by atoms with Gasteiger partial charge in [-0.25, -0.2) is 0 Å². The highest BCUT2D eigenvalue weighted by molar-refractivity contribution is 5.36. The van der Waals surface area contributed by atoms with Gasteiger partial charge in [0.1, 0.15) is 0 Å². The minimum absolute atomic E-state index is 0.0157. The van der Waals surface area contributed by atoms with Crippen LogP contribution in [-0.2, 0) is 16.1 Å². The lowest BCUT2D eigenvalue weighted by atomic mass is 9.75. The van der Waals surface area contributed by atoms with Crippen molar-refractivity contribution in [2.45, 2.75) is 57.0 Å². The molecule has 118 valence electrons. The highest BCUT2D eigenvalue weighted by atomic mass is 16.6. The van der Waals surface area contributed by atoms with Gasteiger partial charge in [-0.2, -0.15) is 5.26 Å². The average Bonchev–Trinajstić information content (AvgIpc) is 3.04. The average molecular weight is 301 g/mol. The number of nitrogens with zero attached hydrogens (tertiary/aromatic N) is 1. The molecule has 2 fully saturated rings. The van der Waals surface area contributed by atoms with Gasteiger partial charge in [0.15, 0.2) is 0 Å². The van der Waals surface area contributed by atoms with Crippen LogP contribution >= 0.6 is 0 Å². The molecule has 4 nitrogen and oxygen atoms in total. The standard InChI is InChI=1S/C18H23NO3/c1-13(11-20)18-8-7-17(2,22-18)16(9-18)21-12-15-6-4-3-5-14(15)10-19/h3-6,13,16,20H,7-9,11-12H2,1-2H3. The van der Waals surface area contributed by atoms with Crippen molar-refractivity contribution >= 4 is 0 Å². The van der Waals surface area contributed by atoms with Crippen LogP contribution < -0.4 is 0 Å². The van der Waals surface area contributed by atoms with Crippen LogP contribution in [0.1, 0.15) is 44.2 Å². The molecule has 22 heavy (non-hydrogen) atoms. The Labute approximate surface area is 131 Å². The summed E-state index contributed by atoms with van der Waals surface area (Å²) in [5.41, 5.74) is 1.06. The summed E-state index contributed by atoms with van der Waals surface area (Å²) in [5.74, 6) is 0.120. The van der Waals surface area contributed by atoms with E-state index >= 15 is 0 Å². The maximum Gasteiger partial charge on any atom is 0.0995 e. The molecule has 2 bridgehead atoms. The number of nitriles is 1. The van der Waals surface area contributed by atoms with Crippen LogP contribution in [0.2, 0.25) is 0 Å². The Bertz CT molecular complexity index is 596. The summed E-state index contributed by atoms with van der Waals surface area (Å²) < 4.78 is 12.4. The lowest BCUT2D eigenvalue weighted by Gasteiger charge is -2.32. The van der Waals surface area contributed by atoms with Gasteiger partial charge < -0.3 is 14.6 Å². The number of rotatable bonds is 5. The number of benzene rings is 1. The highest BCUT2D eigenvalue weighted by Crippen LogP contribution is 2.55. The van der Waals surface area contributed by atoms with Crippen LogP contribution in [0.25, 0.3) is 0 Å². The molecule has 0 aliphatic carbocycles. The predicted octanol–water partition coefficient (Wildman–Crippen LogP) is 2.78. The van der Waals surface area contributed by atoms with Gasteiger partial charge in [-0.1, -0.05) is 25.1 Å². The first-order valence-electron chi connectivity index (χ1n) is 7.94. The summed E-state index contributed by atoms with van der Waals surface area (Å²) in [5, 5.41) is 18.7. The largest absolute Gasteiger partial charge is 0.396 e. The Morgan fingerprint density at radius 1 is 1.45 bits per heavy atom. The van der Waals surface area contributed by atoms with E-state index in [0.29, 0.717) is 12.2 Å². The fraction of sp³-hybridized carbons (Fsp3) is 0.611. The first-order chi connectivity index (χ1) is 10.5. The fourth-order valence-corrected chi connectivity index (χ4v) is 3.82.